The second kappa shape index (κ2) is 7.72. The molecule has 4 saturated carbocycles. The van der Waals surface area contributed by atoms with E-state index in [1.165, 1.54) is 38.5 Å². The number of amides is 2. The minimum atomic E-state index is -0.467. The molecule has 5 aliphatic rings. The summed E-state index contributed by atoms with van der Waals surface area (Å²) in [5.74, 6) is 2.44. The lowest BCUT2D eigenvalue weighted by Crippen LogP contribution is -2.54. The first-order valence-corrected chi connectivity index (χ1v) is 12.3. The SMILES string of the molecule is CC(C)(C)OC(=O)NCC1CCN(C(=O)CC23CC4CC(CC(Br)(C4)C2)C3)CC1. The number of hydrogen-bond donors (Lipinski definition) is 1. The minimum Gasteiger partial charge on any atom is -0.444 e. The molecule has 0 spiro atoms. The molecule has 5 fully saturated rings. The van der Waals surface area contributed by atoms with Crippen LogP contribution in [0.2, 0.25) is 0 Å². The van der Waals surface area contributed by atoms with Crippen LogP contribution in [0.25, 0.3) is 0 Å². The average Bonchev–Trinajstić information content (AvgIpc) is 2.56. The third-order valence-electron chi connectivity index (χ3n) is 7.54. The second-order valence-electron chi connectivity index (χ2n) is 11.5. The highest BCUT2D eigenvalue weighted by atomic mass is 79.9. The molecule has 29 heavy (non-hydrogen) atoms. The first-order valence-electron chi connectivity index (χ1n) is 11.5. The van der Waals surface area contributed by atoms with Gasteiger partial charge in [0.05, 0.1) is 0 Å². The minimum absolute atomic E-state index is 0.250. The van der Waals surface area contributed by atoms with Gasteiger partial charge in [0.2, 0.25) is 5.91 Å². The van der Waals surface area contributed by atoms with Crippen molar-refractivity contribution in [3.8, 4) is 0 Å². The highest BCUT2D eigenvalue weighted by molar-refractivity contribution is 9.10. The van der Waals surface area contributed by atoms with Crippen molar-refractivity contribution in [2.45, 2.75) is 88.5 Å². The highest BCUT2D eigenvalue weighted by Gasteiger charge is 2.57. The zero-order valence-electron chi connectivity index (χ0n) is 18.3. The van der Waals surface area contributed by atoms with E-state index in [0.29, 0.717) is 22.7 Å². The first kappa shape index (κ1) is 21.5. The molecule has 5 nitrogen and oxygen atoms in total. The van der Waals surface area contributed by atoms with Crippen molar-refractivity contribution in [2.75, 3.05) is 19.6 Å². The molecule has 0 aromatic heterocycles. The van der Waals surface area contributed by atoms with Crippen LogP contribution in [0.4, 0.5) is 4.79 Å². The van der Waals surface area contributed by atoms with Crippen molar-refractivity contribution in [3.63, 3.8) is 0 Å². The molecule has 6 heteroatoms. The number of piperidine rings is 1. The van der Waals surface area contributed by atoms with E-state index in [9.17, 15) is 9.59 Å². The normalized spacial score (nSPS) is 36.9. The van der Waals surface area contributed by atoms with E-state index in [1.54, 1.807) is 0 Å². The number of carbonyl (C=O) groups is 2. The van der Waals surface area contributed by atoms with Crippen molar-refractivity contribution in [3.05, 3.63) is 0 Å². The molecule has 2 unspecified atom stereocenters. The van der Waals surface area contributed by atoms with Gasteiger partial charge in [0.25, 0.3) is 0 Å². The van der Waals surface area contributed by atoms with Gasteiger partial charge in [-0.15, -0.1) is 0 Å². The van der Waals surface area contributed by atoms with Gasteiger partial charge in [-0.25, -0.2) is 4.79 Å². The van der Waals surface area contributed by atoms with Crippen LogP contribution in [-0.4, -0.2) is 46.5 Å². The molecule has 4 bridgehead atoms. The van der Waals surface area contributed by atoms with Crippen LogP contribution in [0.3, 0.4) is 0 Å². The average molecular weight is 469 g/mol. The maximum absolute atomic E-state index is 13.1. The van der Waals surface area contributed by atoms with E-state index in [0.717, 1.165) is 44.2 Å². The van der Waals surface area contributed by atoms with Gasteiger partial charge < -0.3 is 15.0 Å². The zero-order chi connectivity index (χ0) is 20.9. The first-order chi connectivity index (χ1) is 13.5. The Hall–Kier alpha value is -0.780. The Bertz CT molecular complexity index is 637. The van der Waals surface area contributed by atoms with E-state index >= 15 is 0 Å². The Morgan fingerprint density at radius 1 is 1.10 bits per heavy atom. The summed E-state index contributed by atoms with van der Waals surface area (Å²) in [5, 5.41) is 2.89. The van der Waals surface area contributed by atoms with Gasteiger partial charge in [0, 0.05) is 30.4 Å². The van der Waals surface area contributed by atoms with E-state index in [-0.39, 0.29) is 11.5 Å². The molecule has 5 rings (SSSR count). The number of alkyl carbamates (subject to hydrolysis) is 1. The second-order valence-corrected chi connectivity index (χ2v) is 13.2. The maximum atomic E-state index is 13.1. The predicted molar refractivity (Wildman–Crippen MR) is 117 cm³/mol. The number of hydrogen-bond acceptors (Lipinski definition) is 3. The van der Waals surface area contributed by atoms with Gasteiger partial charge in [-0.05, 0) is 95.3 Å². The van der Waals surface area contributed by atoms with Crippen LogP contribution >= 0.6 is 15.9 Å². The summed E-state index contributed by atoms with van der Waals surface area (Å²) in [6.45, 7) is 7.90. The van der Waals surface area contributed by atoms with Crippen molar-refractivity contribution >= 4 is 27.9 Å². The van der Waals surface area contributed by atoms with Gasteiger partial charge in [-0.2, -0.15) is 0 Å². The lowest BCUT2D eigenvalue weighted by atomic mass is 9.48. The lowest BCUT2D eigenvalue weighted by Gasteiger charge is -2.60. The smallest absolute Gasteiger partial charge is 0.407 e. The molecule has 0 radical (unpaired) electrons. The van der Waals surface area contributed by atoms with E-state index in [2.05, 4.69) is 26.1 Å². The fraction of sp³-hybridized carbons (Fsp3) is 0.913. The molecule has 164 valence electrons. The van der Waals surface area contributed by atoms with Gasteiger partial charge in [0.15, 0.2) is 0 Å². The molecule has 1 N–H and O–H groups in total. The molecular formula is C23H37BrN2O3. The molecule has 1 aliphatic heterocycles. The molecule has 1 saturated heterocycles. The number of ether oxygens (including phenoxy) is 1. The Labute approximate surface area is 183 Å². The van der Waals surface area contributed by atoms with E-state index in [4.69, 9.17) is 4.74 Å². The van der Waals surface area contributed by atoms with Crippen molar-refractivity contribution < 1.29 is 14.3 Å². The van der Waals surface area contributed by atoms with Gasteiger partial charge in [-0.1, -0.05) is 15.9 Å². The van der Waals surface area contributed by atoms with Crippen LogP contribution in [0.15, 0.2) is 0 Å². The summed E-state index contributed by atoms with van der Waals surface area (Å²) in [6, 6.07) is 0. The molecule has 4 aliphatic carbocycles. The fourth-order valence-corrected chi connectivity index (χ4v) is 8.41. The number of nitrogens with zero attached hydrogens (tertiary/aromatic N) is 1. The quantitative estimate of drug-likeness (QED) is 0.598. The summed E-state index contributed by atoms with van der Waals surface area (Å²) < 4.78 is 5.63. The standard InChI is InChI=1S/C23H37BrN2O3/c1-21(2,3)29-20(28)25-14-16-4-6-26(7-5-16)19(27)13-22-9-17-8-18(10-22)12-23(24,11-17)15-22/h16-18H,4-15H2,1-3H3,(H,25,28). The van der Waals surface area contributed by atoms with Crippen LogP contribution in [0.1, 0.15) is 78.6 Å². The summed E-state index contributed by atoms with van der Waals surface area (Å²) in [4.78, 5) is 27.1. The number of alkyl halides is 1. The Kier molecular flexibility index (Phi) is 5.71. The zero-order valence-corrected chi connectivity index (χ0v) is 19.9. The molecule has 0 aromatic carbocycles. The van der Waals surface area contributed by atoms with Gasteiger partial charge >= 0.3 is 6.09 Å². The number of rotatable bonds is 4. The highest BCUT2D eigenvalue weighted by Crippen LogP contribution is 2.65. The monoisotopic (exact) mass is 468 g/mol. The third-order valence-corrected chi connectivity index (χ3v) is 8.47. The predicted octanol–water partition coefficient (Wildman–Crippen LogP) is 4.87. The Balaban J connectivity index is 1.23. The third kappa shape index (κ3) is 5.11. The Morgan fingerprint density at radius 3 is 2.28 bits per heavy atom. The van der Waals surface area contributed by atoms with Gasteiger partial charge in [-0.3, -0.25) is 4.79 Å². The molecule has 2 amide bonds. The maximum Gasteiger partial charge on any atom is 0.407 e. The molecule has 0 aromatic rings. The van der Waals surface area contributed by atoms with Crippen molar-refractivity contribution in [1.29, 1.82) is 0 Å². The van der Waals surface area contributed by atoms with Gasteiger partial charge in [0.1, 0.15) is 5.60 Å². The van der Waals surface area contributed by atoms with E-state index < -0.39 is 5.60 Å². The fourth-order valence-electron chi connectivity index (χ4n) is 6.90. The number of likely N-dealkylation sites (tertiary alicyclic amines) is 1. The summed E-state index contributed by atoms with van der Waals surface area (Å²) >= 11 is 4.06. The largest absolute Gasteiger partial charge is 0.444 e. The van der Waals surface area contributed by atoms with Crippen LogP contribution in [-0.2, 0) is 9.53 Å². The van der Waals surface area contributed by atoms with Crippen LogP contribution in [0, 0.1) is 23.2 Å². The summed E-state index contributed by atoms with van der Waals surface area (Å²) in [7, 11) is 0. The lowest BCUT2D eigenvalue weighted by molar-refractivity contribution is -0.139. The molecule has 1 heterocycles. The van der Waals surface area contributed by atoms with E-state index in [1.807, 2.05) is 20.8 Å². The Morgan fingerprint density at radius 2 is 1.72 bits per heavy atom. The number of halogens is 1. The summed E-state index contributed by atoms with van der Waals surface area (Å²) in [6.07, 6.45) is 10.1. The molecule has 2 atom stereocenters. The van der Waals surface area contributed by atoms with Crippen molar-refractivity contribution in [1.82, 2.24) is 10.2 Å². The summed E-state index contributed by atoms with van der Waals surface area (Å²) in [5.41, 5.74) is -0.218. The number of nitrogens with one attached hydrogen (secondary N) is 1. The molecular weight excluding hydrogens is 432 g/mol. The number of carbonyl (C=O) groups excluding carboxylic acids is 2. The van der Waals surface area contributed by atoms with Crippen LogP contribution in [0.5, 0.6) is 0 Å². The topological polar surface area (TPSA) is 58.6 Å². The van der Waals surface area contributed by atoms with Crippen molar-refractivity contribution in [2.24, 2.45) is 23.2 Å². The van der Waals surface area contributed by atoms with Crippen LogP contribution < -0.4 is 5.32 Å².